The van der Waals surface area contributed by atoms with Gasteiger partial charge in [-0.3, -0.25) is 9.78 Å². The number of nitrogens with one attached hydrogen (secondary N) is 2. The summed E-state index contributed by atoms with van der Waals surface area (Å²) in [5, 5.41) is 14.9. The number of urea groups is 1. The lowest BCUT2D eigenvalue weighted by molar-refractivity contribution is -0.148. The van der Waals surface area contributed by atoms with E-state index in [1.165, 1.54) is 0 Å². The zero-order chi connectivity index (χ0) is 15.5. The van der Waals surface area contributed by atoms with E-state index in [-0.39, 0.29) is 12.1 Å². The van der Waals surface area contributed by atoms with Crippen LogP contribution in [0.2, 0.25) is 0 Å². The van der Waals surface area contributed by atoms with E-state index in [1.54, 1.807) is 19.3 Å². The summed E-state index contributed by atoms with van der Waals surface area (Å²) in [4.78, 5) is 27.3. The first-order chi connectivity index (χ1) is 9.93. The summed E-state index contributed by atoms with van der Waals surface area (Å²) in [6, 6.07) is 1.20. The molecule has 0 spiro atoms. The average Bonchev–Trinajstić information content (AvgIpc) is 2.81. The Labute approximate surface area is 124 Å². The minimum Gasteiger partial charge on any atom is -0.481 e. The molecule has 2 rings (SSSR count). The molecule has 1 aromatic heterocycles. The molecule has 1 heterocycles. The molecule has 2 unspecified atom stereocenters. The fourth-order valence-electron chi connectivity index (χ4n) is 2.74. The fourth-order valence-corrected chi connectivity index (χ4v) is 2.74. The van der Waals surface area contributed by atoms with Crippen LogP contribution in [0.25, 0.3) is 0 Å². The predicted octanol–water partition coefficient (Wildman–Crippen LogP) is 1.83. The number of aliphatic carboxylic acids is 1. The van der Waals surface area contributed by atoms with Crippen LogP contribution in [-0.2, 0) is 11.3 Å². The molecule has 1 aromatic rings. The van der Waals surface area contributed by atoms with E-state index < -0.39 is 11.4 Å². The lowest BCUT2D eigenvalue weighted by atomic mass is 9.85. The molecule has 1 saturated carbocycles. The molecule has 114 valence electrons. The minimum absolute atomic E-state index is 0.325. The Morgan fingerprint density at radius 2 is 2.29 bits per heavy atom. The second-order valence-electron chi connectivity index (χ2n) is 5.80. The number of carbonyl (C=O) groups excluding carboxylic acids is 1. The normalized spacial score (nSPS) is 24.6. The van der Waals surface area contributed by atoms with Gasteiger partial charge in [-0.25, -0.2) is 4.79 Å². The topological polar surface area (TPSA) is 91.3 Å². The van der Waals surface area contributed by atoms with Gasteiger partial charge in [0.2, 0.25) is 0 Å². The Morgan fingerprint density at radius 1 is 1.52 bits per heavy atom. The van der Waals surface area contributed by atoms with Crippen LogP contribution in [0.4, 0.5) is 4.79 Å². The minimum atomic E-state index is -0.871. The zero-order valence-corrected chi connectivity index (χ0v) is 12.3. The largest absolute Gasteiger partial charge is 0.481 e. The van der Waals surface area contributed by atoms with Crippen molar-refractivity contribution in [2.75, 3.05) is 0 Å². The Bertz CT molecular complexity index is 547. The third-order valence-corrected chi connectivity index (χ3v) is 4.33. The van der Waals surface area contributed by atoms with Crippen molar-refractivity contribution in [3.63, 3.8) is 0 Å². The molecule has 0 radical (unpaired) electrons. The van der Waals surface area contributed by atoms with Crippen LogP contribution >= 0.6 is 0 Å². The van der Waals surface area contributed by atoms with Crippen LogP contribution in [0.15, 0.2) is 18.5 Å². The van der Waals surface area contributed by atoms with E-state index in [2.05, 4.69) is 15.6 Å². The highest BCUT2D eigenvalue weighted by Gasteiger charge is 2.45. The zero-order valence-electron chi connectivity index (χ0n) is 12.3. The molecule has 6 nitrogen and oxygen atoms in total. The number of aromatic nitrogens is 1. The van der Waals surface area contributed by atoms with Crippen molar-refractivity contribution < 1.29 is 14.7 Å². The van der Waals surface area contributed by atoms with Crippen molar-refractivity contribution in [1.29, 1.82) is 0 Å². The van der Waals surface area contributed by atoms with Gasteiger partial charge in [-0.15, -0.1) is 0 Å². The number of carboxylic acid groups (broad SMARTS) is 1. The lowest BCUT2D eigenvalue weighted by Crippen LogP contribution is -2.50. The summed E-state index contributed by atoms with van der Waals surface area (Å²) < 4.78 is 0. The number of pyridine rings is 1. The molecule has 0 aromatic carbocycles. The Balaban J connectivity index is 1.90. The van der Waals surface area contributed by atoms with E-state index >= 15 is 0 Å². The van der Waals surface area contributed by atoms with Crippen molar-refractivity contribution in [2.24, 2.45) is 5.41 Å². The third-order valence-electron chi connectivity index (χ3n) is 4.33. The average molecular weight is 291 g/mol. The maximum atomic E-state index is 12.0. The molecule has 0 bridgehead atoms. The summed E-state index contributed by atoms with van der Waals surface area (Å²) >= 11 is 0. The van der Waals surface area contributed by atoms with Gasteiger partial charge >= 0.3 is 12.0 Å². The van der Waals surface area contributed by atoms with E-state index in [4.69, 9.17) is 0 Å². The van der Waals surface area contributed by atoms with Gasteiger partial charge < -0.3 is 15.7 Å². The summed E-state index contributed by atoms with van der Waals surface area (Å²) in [5.41, 5.74) is 1.13. The molecule has 1 fully saturated rings. The summed E-state index contributed by atoms with van der Waals surface area (Å²) in [5.74, 6) is -0.852. The number of amides is 2. The number of carboxylic acids is 1. The van der Waals surface area contributed by atoms with E-state index in [0.29, 0.717) is 19.4 Å². The lowest BCUT2D eigenvalue weighted by Gasteiger charge is -2.27. The highest BCUT2D eigenvalue weighted by atomic mass is 16.4. The van der Waals surface area contributed by atoms with Crippen molar-refractivity contribution in [2.45, 2.75) is 45.7 Å². The van der Waals surface area contributed by atoms with E-state index in [0.717, 1.165) is 17.5 Å². The predicted molar refractivity (Wildman–Crippen MR) is 77.7 cm³/mol. The molecule has 1 aliphatic rings. The highest BCUT2D eigenvalue weighted by Crippen LogP contribution is 2.38. The third kappa shape index (κ3) is 3.32. The van der Waals surface area contributed by atoms with Gasteiger partial charge in [-0.2, -0.15) is 0 Å². The Morgan fingerprint density at radius 3 is 2.95 bits per heavy atom. The van der Waals surface area contributed by atoms with Gasteiger partial charge in [0, 0.05) is 25.0 Å². The molecule has 0 saturated heterocycles. The van der Waals surface area contributed by atoms with Crippen LogP contribution in [0.1, 0.15) is 37.3 Å². The number of carbonyl (C=O) groups is 2. The second-order valence-corrected chi connectivity index (χ2v) is 5.80. The molecular weight excluding hydrogens is 270 g/mol. The second kappa shape index (κ2) is 6.11. The Kier molecular flexibility index (Phi) is 4.45. The van der Waals surface area contributed by atoms with Crippen LogP contribution in [0, 0.1) is 12.3 Å². The van der Waals surface area contributed by atoms with Crippen LogP contribution in [0.5, 0.6) is 0 Å². The maximum absolute atomic E-state index is 12.0. The summed E-state index contributed by atoms with van der Waals surface area (Å²) in [7, 11) is 0. The smallest absolute Gasteiger partial charge is 0.315 e. The Hall–Kier alpha value is -2.11. The number of nitrogens with zero attached hydrogens (tertiary/aromatic N) is 1. The summed E-state index contributed by atoms with van der Waals surface area (Å²) in [6.45, 7) is 4.03. The first-order valence-corrected chi connectivity index (χ1v) is 7.11. The van der Waals surface area contributed by atoms with Crippen molar-refractivity contribution >= 4 is 12.0 Å². The monoisotopic (exact) mass is 291 g/mol. The highest BCUT2D eigenvalue weighted by molar-refractivity contribution is 5.79. The molecule has 2 amide bonds. The number of hydrogen-bond donors (Lipinski definition) is 3. The SMILES string of the molecule is Cc1cnccc1CNC(=O)NC1CCCC1(C)C(=O)O. The maximum Gasteiger partial charge on any atom is 0.315 e. The van der Waals surface area contributed by atoms with Gasteiger partial charge in [0.1, 0.15) is 0 Å². The van der Waals surface area contributed by atoms with Crippen molar-refractivity contribution in [1.82, 2.24) is 15.6 Å². The molecule has 0 aliphatic heterocycles. The van der Waals surface area contributed by atoms with Gasteiger partial charge in [0.05, 0.1) is 5.41 Å². The van der Waals surface area contributed by atoms with Crippen molar-refractivity contribution in [3.8, 4) is 0 Å². The number of rotatable bonds is 4. The van der Waals surface area contributed by atoms with Crippen LogP contribution in [0.3, 0.4) is 0 Å². The van der Waals surface area contributed by atoms with Gasteiger partial charge in [-0.1, -0.05) is 6.42 Å². The standard InChI is InChI=1S/C15H21N3O3/c1-10-8-16-7-5-11(10)9-17-14(21)18-12-4-3-6-15(12,2)13(19)20/h5,7-8,12H,3-4,6,9H2,1-2H3,(H,19,20)(H2,17,18,21). The molecule has 21 heavy (non-hydrogen) atoms. The molecule has 2 atom stereocenters. The van der Waals surface area contributed by atoms with Gasteiger partial charge in [-0.05, 0) is 43.9 Å². The number of hydrogen-bond acceptors (Lipinski definition) is 3. The quantitative estimate of drug-likeness (QED) is 0.789. The van der Waals surface area contributed by atoms with Crippen LogP contribution < -0.4 is 10.6 Å². The van der Waals surface area contributed by atoms with Gasteiger partial charge in [0.15, 0.2) is 0 Å². The molecule has 6 heteroatoms. The fraction of sp³-hybridized carbons (Fsp3) is 0.533. The van der Waals surface area contributed by atoms with Crippen molar-refractivity contribution in [3.05, 3.63) is 29.6 Å². The first-order valence-electron chi connectivity index (χ1n) is 7.11. The summed E-state index contributed by atoms with van der Waals surface area (Å²) in [6.07, 6.45) is 5.53. The van der Waals surface area contributed by atoms with E-state index in [1.807, 2.05) is 13.0 Å². The van der Waals surface area contributed by atoms with Crippen LogP contribution in [-0.4, -0.2) is 28.1 Å². The van der Waals surface area contributed by atoms with E-state index in [9.17, 15) is 14.7 Å². The molecule has 1 aliphatic carbocycles. The number of aryl methyl sites for hydroxylation is 1. The molecular formula is C15H21N3O3. The van der Waals surface area contributed by atoms with Gasteiger partial charge in [0.25, 0.3) is 0 Å². The molecule has 3 N–H and O–H groups in total. The first kappa shape index (κ1) is 15.3.